The number of pyridine rings is 2. The van der Waals surface area contributed by atoms with Crippen LogP contribution in [0.3, 0.4) is 0 Å². The molecule has 3 aliphatic rings. The second-order valence-electron chi connectivity index (χ2n) is 9.91. The van der Waals surface area contributed by atoms with Gasteiger partial charge in [-0.05, 0) is 60.3 Å². The summed E-state index contributed by atoms with van der Waals surface area (Å²) >= 11 is 0. The van der Waals surface area contributed by atoms with Gasteiger partial charge >= 0.3 is 6.18 Å². The largest absolute Gasteiger partial charge is 0.435 e. The van der Waals surface area contributed by atoms with Gasteiger partial charge < -0.3 is 10.6 Å². The van der Waals surface area contributed by atoms with Gasteiger partial charge in [0.15, 0.2) is 11.5 Å². The molecule has 0 bridgehead atoms. The van der Waals surface area contributed by atoms with Crippen LogP contribution in [0.2, 0.25) is 0 Å². The van der Waals surface area contributed by atoms with E-state index in [1.165, 1.54) is 17.3 Å². The van der Waals surface area contributed by atoms with E-state index in [0.29, 0.717) is 18.7 Å². The number of carbonyl (C=O) groups excluding carboxylic acids is 1. The van der Waals surface area contributed by atoms with Gasteiger partial charge in [-0.25, -0.2) is 9.97 Å². The topological polar surface area (TPSA) is 89.9 Å². The molecule has 7 nitrogen and oxygen atoms in total. The van der Waals surface area contributed by atoms with Gasteiger partial charge in [-0.15, -0.1) is 0 Å². The number of aryl methyl sites for hydroxylation is 1. The zero-order valence-corrected chi connectivity index (χ0v) is 19.0. The van der Waals surface area contributed by atoms with E-state index in [-0.39, 0.29) is 18.9 Å². The Hall–Kier alpha value is -3.43. The van der Waals surface area contributed by atoms with Gasteiger partial charge in [0.2, 0.25) is 0 Å². The van der Waals surface area contributed by atoms with Gasteiger partial charge in [0.1, 0.15) is 11.6 Å². The second-order valence-corrected chi connectivity index (χ2v) is 9.91. The lowest BCUT2D eigenvalue weighted by atomic mass is 9.94. The second kappa shape index (κ2) is 8.07. The summed E-state index contributed by atoms with van der Waals surface area (Å²) in [6, 6.07) is 7.24. The molecule has 1 aliphatic heterocycles. The number of piperidine rings is 1. The van der Waals surface area contributed by atoms with Crippen molar-refractivity contribution in [1.29, 1.82) is 0 Å². The minimum absolute atomic E-state index is 0.0263. The minimum Gasteiger partial charge on any atom is -0.384 e. The number of rotatable bonds is 6. The van der Waals surface area contributed by atoms with Crippen molar-refractivity contribution in [3.8, 4) is 0 Å². The van der Waals surface area contributed by atoms with E-state index >= 15 is 0 Å². The Bertz CT molecular complexity index is 1280. The zero-order chi connectivity index (χ0) is 24.3. The standard InChI is InChI=1S/C25H25F3N6O/c26-25(27,28)24-19(21(35)8-15-2-4-20-18(15)3-5-22(29)31-20)13-34(32-24)10-14-1-6-23(30-9-14)33-11-16-7-17(16)12-33/h1,3,5-6,9,13,15-17H,2,4,7-8,10-12H2,(H2,29,31)/t15-,16?,17?/m0/s1. The number of halogens is 3. The Kier molecular flexibility index (Phi) is 5.08. The Morgan fingerprint density at radius 1 is 1.14 bits per heavy atom. The number of hydrogen-bond donors (Lipinski definition) is 1. The van der Waals surface area contributed by atoms with Crippen LogP contribution in [0.15, 0.2) is 36.7 Å². The van der Waals surface area contributed by atoms with Gasteiger partial charge in [0.05, 0.1) is 12.1 Å². The van der Waals surface area contributed by atoms with Crippen molar-refractivity contribution < 1.29 is 18.0 Å². The predicted octanol–water partition coefficient (Wildman–Crippen LogP) is 4.08. The van der Waals surface area contributed by atoms with Crippen LogP contribution in [0.1, 0.15) is 58.1 Å². The van der Waals surface area contributed by atoms with E-state index in [0.717, 1.165) is 47.6 Å². The number of nitrogen functional groups attached to an aromatic ring is 1. The minimum atomic E-state index is -4.72. The highest BCUT2D eigenvalue weighted by Crippen LogP contribution is 2.46. The zero-order valence-electron chi connectivity index (χ0n) is 19.0. The third-order valence-electron chi connectivity index (χ3n) is 7.42. The van der Waals surface area contributed by atoms with Gasteiger partial charge in [-0.2, -0.15) is 18.3 Å². The third-order valence-corrected chi connectivity index (χ3v) is 7.42. The number of aromatic nitrogens is 4. The van der Waals surface area contributed by atoms with Crippen LogP contribution in [-0.2, 0) is 19.1 Å². The fourth-order valence-electron chi connectivity index (χ4n) is 5.50. The Balaban J connectivity index is 1.19. The first-order valence-corrected chi connectivity index (χ1v) is 11.9. The number of Topliss-reactive ketones (excluding diaryl/α,β-unsaturated/α-hetero) is 1. The monoisotopic (exact) mass is 482 g/mol. The summed E-state index contributed by atoms with van der Waals surface area (Å²) in [6.07, 6.45) is 0.748. The van der Waals surface area contributed by atoms with Gasteiger partial charge in [-0.3, -0.25) is 9.48 Å². The van der Waals surface area contributed by atoms with Crippen LogP contribution in [0, 0.1) is 11.8 Å². The van der Waals surface area contributed by atoms with Crippen molar-refractivity contribution in [2.75, 3.05) is 23.7 Å². The number of ketones is 1. The van der Waals surface area contributed by atoms with E-state index in [1.54, 1.807) is 12.3 Å². The molecule has 2 aliphatic carbocycles. The fourth-order valence-corrected chi connectivity index (χ4v) is 5.50. The molecule has 3 aromatic heterocycles. The molecule has 3 aromatic rings. The number of alkyl halides is 3. The molecule has 35 heavy (non-hydrogen) atoms. The first-order chi connectivity index (χ1) is 16.7. The molecule has 6 rings (SSSR count). The number of hydrogen-bond acceptors (Lipinski definition) is 6. The van der Waals surface area contributed by atoms with E-state index in [9.17, 15) is 18.0 Å². The fraction of sp³-hybridized carbons (Fsp3) is 0.440. The normalized spacial score (nSPS) is 22.8. The summed E-state index contributed by atoms with van der Waals surface area (Å²) in [6.45, 7) is 2.14. The maximum atomic E-state index is 13.7. The molecule has 3 atom stereocenters. The van der Waals surface area contributed by atoms with Crippen LogP contribution in [0.4, 0.5) is 24.8 Å². The lowest BCUT2D eigenvalue weighted by Gasteiger charge is -2.18. The number of carbonyl (C=O) groups is 1. The molecule has 4 heterocycles. The summed E-state index contributed by atoms with van der Waals surface area (Å²) in [7, 11) is 0. The van der Waals surface area contributed by atoms with E-state index in [4.69, 9.17) is 5.73 Å². The van der Waals surface area contributed by atoms with E-state index < -0.39 is 23.2 Å². The molecule has 2 N–H and O–H groups in total. The molecule has 10 heteroatoms. The molecule has 0 aromatic carbocycles. The maximum absolute atomic E-state index is 13.7. The van der Waals surface area contributed by atoms with Crippen LogP contribution in [0.25, 0.3) is 0 Å². The molecular formula is C25H25F3N6O. The maximum Gasteiger partial charge on any atom is 0.435 e. The van der Waals surface area contributed by atoms with Crippen molar-refractivity contribution in [3.63, 3.8) is 0 Å². The first kappa shape index (κ1) is 22.1. The quantitative estimate of drug-likeness (QED) is 0.533. The molecule has 0 radical (unpaired) electrons. The summed E-state index contributed by atoms with van der Waals surface area (Å²) in [4.78, 5) is 24.1. The summed E-state index contributed by atoms with van der Waals surface area (Å²) in [5.41, 5.74) is 6.62. The average molecular weight is 483 g/mol. The summed E-state index contributed by atoms with van der Waals surface area (Å²) in [5.74, 6) is 2.11. The highest BCUT2D eigenvalue weighted by molar-refractivity contribution is 5.97. The van der Waals surface area contributed by atoms with Crippen LogP contribution >= 0.6 is 0 Å². The lowest BCUT2D eigenvalue weighted by molar-refractivity contribution is -0.141. The molecule has 0 amide bonds. The average Bonchev–Trinajstić information content (AvgIpc) is 3.17. The van der Waals surface area contributed by atoms with E-state index in [2.05, 4.69) is 20.0 Å². The molecule has 182 valence electrons. The van der Waals surface area contributed by atoms with Crippen LogP contribution in [-0.4, -0.2) is 38.6 Å². The molecule has 2 fully saturated rings. The molecule has 2 unspecified atom stereocenters. The van der Waals surface area contributed by atoms with Crippen LogP contribution in [0.5, 0.6) is 0 Å². The number of anilines is 2. The van der Waals surface area contributed by atoms with E-state index in [1.807, 2.05) is 18.2 Å². The number of nitrogens with two attached hydrogens (primary N) is 1. The SMILES string of the molecule is Nc1ccc2c(n1)CC[C@H]2CC(=O)c1cn(Cc2ccc(N3CC4CC4C3)nc2)nc1C(F)(F)F. The summed E-state index contributed by atoms with van der Waals surface area (Å²) < 4.78 is 42.4. The van der Waals surface area contributed by atoms with Gasteiger partial charge in [0.25, 0.3) is 0 Å². The Morgan fingerprint density at radius 2 is 1.94 bits per heavy atom. The Labute approximate surface area is 200 Å². The predicted molar refractivity (Wildman–Crippen MR) is 123 cm³/mol. The first-order valence-electron chi connectivity index (χ1n) is 11.9. The smallest absolute Gasteiger partial charge is 0.384 e. The van der Waals surface area contributed by atoms with Crippen LogP contribution < -0.4 is 10.6 Å². The van der Waals surface area contributed by atoms with Gasteiger partial charge in [0, 0.05) is 37.6 Å². The number of fused-ring (bicyclic) bond motifs is 2. The molecule has 1 saturated heterocycles. The van der Waals surface area contributed by atoms with Crippen molar-refractivity contribution >= 4 is 17.4 Å². The highest BCUT2D eigenvalue weighted by Gasteiger charge is 2.45. The highest BCUT2D eigenvalue weighted by atomic mass is 19.4. The third kappa shape index (κ3) is 4.26. The summed E-state index contributed by atoms with van der Waals surface area (Å²) in [5, 5.41) is 3.75. The molecular weight excluding hydrogens is 457 g/mol. The van der Waals surface area contributed by atoms with Crippen molar-refractivity contribution in [1.82, 2.24) is 19.7 Å². The van der Waals surface area contributed by atoms with Crippen molar-refractivity contribution in [3.05, 3.63) is 64.7 Å². The molecule has 1 saturated carbocycles. The Morgan fingerprint density at radius 3 is 2.66 bits per heavy atom. The van der Waals surface area contributed by atoms with Gasteiger partial charge in [-0.1, -0.05) is 12.1 Å². The lowest BCUT2D eigenvalue weighted by Crippen LogP contribution is -2.22. The van der Waals surface area contributed by atoms with Crippen molar-refractivity contribution in [2.24, 2.45) is 11.8 Å². The van der Waals surface area contributed by atoms with Crippen molar-refractivity contribution in [2.45, 2.75) is 44.3 Å². The number of nitrogens with zero attached hydrogens (tertiary/aromatic N) is 5. The molecule has 0 spiro atoms.